The molecule has 0 heterocycles. The van der Waals surface area contributed by atoms with E-state index < -0.39 is 27.5 Å². The lowest BCUT2D eigenvalue weighted by atomic mass is 9.81. The van der Waals surface area contributed by atoms with E-state index in [-0.39, 0.29) is 34.9 Å². The average Bonchev–Trinajstić information content (AvgIpc) is 2.90. The summed E-state index contributed by atoms with van der Waals surface area (Å²) in [6.07, 6.45) is 7.15. The number of carbonyl (C=O) groups excluding carboxylic acids is 1. The molecule has 10 nitrogen and oxygen atoms in total. The minimum atomic E-state index is -5.41. The highest BCUT2D eigenvalue weighted by molar-refractivity contribution is 8.79. The highest BCUT2D eigenvalue weighted by Crippen LogP contribution is 2.32. The Kier molecular flexibility index (Phi) is 8.82. The van der Waals surface area contributed by atoms with E-state index in [1.54, 1.807) is 0 Å². The van der Waals surface area contributed by atoms with Gasteiger partial charge in [-0.05, 0) is 88.6 Å². The minimum Gasteiger partial charge on any atom is -0.356 e. The van der Waals surface area contributed by atoms with Gasteiger partial charge in [0.05, 0.1) is 18.2 Å². The summed E-state index contributed by atoms with van der Waals surface area (Å²) in [7, 11) is -14.0. The van der Waals surface area contributed by atoms with E-state index in [9.17, 15) is 30.4 Å². The molecule has 4 rings (SSSR count). The van der Waals surface area contributed by atoms with Gasteiger partial charge in [0.25, 0.3) is 8.87 Å². The highest BCUT2D eigenvalue weighted by Gasteiger charge is 2.35. The maximum absolute atomic E-state index is 13.1. The van der Waals surface area contributed by atoms with Gasteiger partial charge >= 0.3 is 0 Å². The smallest absolute Gasteiger partial charge is 0.255 e. The van der Waals surface area contributed by atoms with Gasteiger partial charge in [-0.25, -0.2) is 21.6 Å². The fraction of sp³-hybridized carbons (Fsp3) is 0.519. The Bertz CT molecular complexity index is 1530. The first kappa shape index (κ1) is 30.6. The lowest BCUT2D eigenvalue weighted by Gasteiger charge is -2.38. The van der Waals surface area contributed by atoms with Crippen LogP contribution in [0.1, 0.15) is 43.2 Å². The van der Waals surface area contributed by atoms with Crippen molar-refractivity contribution in [2.24, 2.45) is 17.8 Å². The molecule has 0 spiro atoms. The lowest BCUT2D eigenvalue weighted by molar-refractivity contribution is -0.125. The van der Waals surface area contributed by atoms with Gasteiger partial charge in [0, 0.05) is 19.0 Å². The van der Waals surface area contributed by atoms with Crippen LogP contribution in [0.5, 0.6) is 0 Å². The summed E-state index contributed by atoms with van der Waals surface area (Å²) in [4.78, 5) is 12.5. The molecule has 1 atom stereocenters. The number of aryl methyl sites for hydroxylation is 1. The fourth-order valence-corrected chi connectivity index (χ4v) is 8.26. The van der Waals surface area contributed by atoms with Crippen LogP contribution in [0.3, 0.4) is 0 Å². The van der Waals surface area contributed by atoms with Gasteiger partial charge in [-0.2, -0.15) is 4.21 Å². The third kappa shape index (κ3) is 7.11. The zero-order valence-electron chi connectivity index (χ0n) is 22.8. The predicted octanol–water partition coefficient (Wildman–Crippen LogP) is 2.90. The number of hydrogen-bond acceptors (Lipinski definition) is 6. The second-order valence-corrected chi connectivity index (χ2v) is 21.1. The van der Waals surface area contributed by atoms with Crippen LogP contribution in [0, 0.1) is 17.8 Å². The van der Waals surface area contributed by atoms with Crippen molar-refractivity contribution >= 4 is 39.1 Å². The van der Waals surface area contributed by atoms with E-state index >= 15 is 0 Å². The van der Waals surface area contributed by atoms with Crippen molar-refractivity contribution < 1.29 is 30.4 Å². The Balaban J connectivity index is 1.26. The van der Waals surface area contributed by atoms with Gasteiger partial charge < -0.3 is 5.32 Å². The van der Waals surface area contributed by atoms with Crippen LogP contribution in [0.15, 0.2) is 53.4 Å². The standard InChI is InChI=1S/C27H39N3O7S3/c1-38(32,33)40(2,36,37)30-25-9-5-6-10-26(25)39(34,35)29-19-21-13-11-20(12-14-21)18-28-27(31)24-16-15-22-7-3-4-8-23(22)17-24/h3-10,20-21,24,29H,11-19H2,1-2H3,(H,28,31)(H2,30,36,37). The van der Waals surface area contributed by atoms with Gasteiger partial charge in [0.15, 0.2) is 0 Å². The van der Waals surface area contributed by atoms with Gasteiger partial charge in [-0.3, -0.25) is 14.1 Å². The molecule has 40 heavy (non-hydrogen) atoms. The molecule has 2 aromatic carbocycles. The number of benzene rings is 2. The number of carbonyl (C=O) groups is 1. The number of amides is 1. The summed E-state index contributed by atoms with van der Waals surface area (Å²) >= 11 is 0. The van der Waals surface area contributed by atoms with Crippen LogP contribution in [-0.4, -0.2) is 57.1 Å². The van der Waals surface area contributed by atoms with Crippen LogP contribution in [-0.2, 0) is 45.1 Å². The van der Waals surface area contributed by atoms with Crippen LogP contribution in [0.2, 0.25) is 0 Å². The Morgan fingerprint density at radius 1 is 0.900 bits per heavy atom. The van der Waals surface area contributed by atoms with E-state index in [0.717, 1.165) is 44.9 Å². The molecule has 2 aromatic rings. The molecular formula is C27H39N3O7S3. The molecule has 1 saturated carbocycles. The molecule has 1 fully saturated rings. The summed E-state index contributed by atoms with van der Waals surface area (Å²) in [6.45, 7) is 0.807. The van der Waals surface area contributed by atoms with Crippen molar-refractivity contribution in [2.45, 2.75) is 49.8 Å². The highest BCUT2D eigenvalue weighted by atomic mass is 33.2. The lowest BCUT2D eigenvalue weighted by Crippen LogP contribution is -2.46. The van der Waals surface area contributed by atoms with Gasteiger partial charge in [-0.1, -0.05) is 36.4 Å². The SMILES string of the molecule is CS(=O)(=O)S(C)(=O)(O)Nc1ccccc1S(=O)(=O)NCC1CCC(CNC(=O)C2CCc3ccccc3C2)CC1. The minimum absolute atomic E-state index is 0.00211. The van der Waals surface area contributed by atoms with Crippen LogP contribution in [0.25, 0.3) is 0 Å². The Labute approximate surface area is 236 Å². The van der Waals surface area contributed by atoms with Crippen molar-refractivity contribution in [3.8, 4) is 0 Å². The molecule has 0 radical (unpaired) electrons. The molecule has 0 aliphatic heterocycles. The molecule has 0 aromatic heterocycles. The van der Waals surface area contributed by atoms with E-state index in [0.29, 0.717) is 25.0 Å². The predicted molar refractivity (Wildman–Crippen MR) is 157 cm³/mol. The first-order chi connectivity index (χ1) is 18.6. The number of rotatable bonds is 10. The summed E-state index contributed by atoms with van der Waals surface area (Å²) < 4.78 is 77.8. The Hall–Kier alpha value is -2.32. The second-order valence-electron chi connectivity index (χ2n) is 11.2. The third-order valence-electron chi connectivity index (χ3n) is 8.04. The van der Waals surface area contributed by atoms with E-state index in [4.69, 9.17) is 0 Å². The van der Waals surface area contributed by atoms with Crippen molar-refractivity contribution in [1.29, 1.82) is 0 Å². The van der Waals surface area contributed by atoms with Crippen LogP contribution < -0.4 is 14.8 Å². The molecule has 2 aliphatic carbocycles. The maximum Gasteiger partial charge on any atom is 0.255 e. The summed E-state index contributed by atoms with van der Waals surface area (Å²) in [5, 5.41) is 3.14. The molecule has 2 aliphatic rings. The first-order valence-corrected chi connectivity index (χ1v) is 19.7. The van der Waals surface area contributed by atoms with Crippen molar-refractivity contribution in [2.75, 3.05) is 30.3 Å². The molecule has 13 heteroatoms. The van der Waals surface area contributed by atoms with Crippen LogP contribution >= 0.6 is 0 Å². The topological polar surface area (TPSA) is 159 Å². The Morgan fingerprint density at radius 3 is 2.12 bits per heavy atom. The van der Waals surface area contributed by atoms with Crippen LogP contribution in [0.4, 0.5) is 5.69 Å². The normalized spacial score (nSPS) is 22.9. The molecule has 4 N–H and O–H groups in total. The van der Waals surface area contributed by atoms with E-state index in [1.807, 2.05) is 12.1 Å². The molecule has 0 saturated heterocycles. The van der Waals surface area contributed by atoms with Gasteiger partial charge in [0.2, 0.25) is 15.9 Å². The third-order valence-corrected chi connectivity index (χ3v) is 16.2. The monoisotopic (exact) mass is 613 g/mol. The van der Waals surface area contributed by atoms with Gasteiger partial charge in [-0.15, -0.1) is 0 Å². The first-order valence-electron chi connectivity index (χ1n) is 13.4. The number of para-hydroxylation sites is 1. The van der Waals surface area contributed by atoms with E-state index in [1.165, 1.54) is 35.4 Å². The largest absolute Gasteiger partial charge is 0.356 e. The summed E-state index contributed by atoms with van der Waals surface area (Å²) in [6, 6.07) is 13.7. The number of hydrogen-bond donors (Lipinski definition) is 4. The summed E-state index contributed by atoms with van der Waals surface area (Å²) in [5.74, 6) is 0.549. The number of sulfonamides is 1. The maximum atomic E-state index is 13.1. The molecule has 1 unspecified atom stereocenters. The molecule has 222 valence electrons. The second kappa shape index (κ2) is 11.5. The van der Waals surface area contributed by atoms with Crippen molar-refractivity contribution in [1.82, 2.24) is 10.0 Å². The zero-order valence-corrected chi connectivity index (χ0v) is 25.3. The number of nitrogens with one attached hydrogen (secondary N) is 3. The van der Waals surface area contributed by atoms with E-state index in [2.05, 4.69) is 26.9 Å². The molecule has 0 bridgehead atoms. The van der Waals surface area contributed by atoms with Crippen molar-refractivity contribution in [3.05, 3.63) is 59.7 Å². The Morgan fingerprint density at radius 2 is 1.48 bits per heavy atom. The number of anilines is 1. The quantitative estimate of drug-likeness (QED) is 0.300. The zero-order chi connectivity index (χ0) is 29.2. The molecule has 1 amide bonds. The summed E-state index contributed by atoms with van der Waals surface area (Å²) in [5.41, 5.74) is 2.31. The van der Waals surface area contributed by atoms with Gasteiger partial charge in [0.1, 0.15) is 4.90 Å². The fourth-order valence-electron chi connectivity index (χ4n) is 5.37. The molecular weight excluding hydrogens is 575 g/mol. The average molecular weight is 614 g/mol. The van der Waals surface area contributed by atoms with Crippen molar-refractivity contribution in [3.63, 3.8) is 0 Å². The number of fused-ring (bicyclic) bond motifs is 1.